The van der Waals surface area contributed by atoms with E-state index in [-0.39, 0.29) is 19.0 Å². The first-order chi connectivity index (χ1) is 17.7. The molecule has 9 nitrogen and oxygen atoms in total. The minimum absolute atomic E-state index is 0.0769. The van der Waals surface area contributed by atoms with Gasteiger partial charge in [0.2, 0.25) is 0 Å². The summed E-state index contributed by atoms with van der Waals surface area (Å²) in [5.41, 5.74) is 7.89. The Balaban J connectivity index is 1.27. The van der Waals surface area contributed by atoms with Gasteiger partial charge in [-0.1, -0.05) is 12.1 Å². The lowest BCUT2D eigenvalue weighted by atomic mass is 10.1. The van der Waals surface area contributed by atoms with Crippen molar-refractivity contribution in [2.75, 3.05) is 12.3 Å². The van der Waals surface area contributed by atoms with E-state index in [1.54, 1.807) is 30.6 Å². The van der Waals surface area contributed by atoms with Crippen molar-refractivity contribution in [2.45, 2.75) is 32.1 Å². The van der Waals surface area contributed by atoms with E-state index in [0.29, 0.717) is 53.1 Å². The van der Waals surface area contributed by atoms with Crippen LogP contribution in [0.1, 0.15) is 29.5 Å². The van der Waals surface area contributed by atoms with Gasteiger partial charge in [0.25, 0.3) is 0 Å². The number of nitrogen functional groups attached to an aromatic ring is 1. The fourth-order valence-corrected chi connectivity index (χ4v) is 3.58. The average Bonchev–Trinajstić information content (AvgIpc) is 3.30. The van der Waals surface area contributed by atoms with Crippen molar-refractivity contribution in [3.05, 3.63) is 71.5 Å². The van der Waals surface area contributed by atoms with Crippen LogP contribution in [-0.4, -0.2) is 32.2 Å². The molecule has 0 aliphatic rings. The molecule has 4 rings (SSSR count). The number of unbranched alkanes of at least 4 members (excludes halogenated alkanes) is 1. The molecule has 0 fully saturated rings. The number of fused-ring (bicyclic) bond motifs is 1. The van der Waals surface area contributed by atoms with E-state index in [1.807, 2.05) is 4.57 Å². The highest BCUT2D eigenvalue weighted by Crippen LogP contribution is 2.29. The van der Waals surface area contributed by atoms with E-state index in [4.69, 9.17) is 15.7 Å². The zero-order valence-electron chi connectivity index (χ0n) is 19.5. The maximum atomic E-state index is 12.8. The van der Waals surface area contributed by atoms with Crippen molar-refractivity contribution in [2.24, 2.45) is 0 Å². The van der Waals surface area contributed by atoms with Gasteiger partial charge in [-0.2, -0.15) is 18.4 Å². The van der Waals surface area contributed by atoms with Gasteiger partial charge < -0.3 is 20.4 Å². The van der Waals surface area contributed by atoms with Crippen LogP contribution in [0.2, 0.25) is 0 Å². The summed E-state index contributed by atoms with van der Waals surface area (Å²) in [6.07, 6.45) is -2.36. The number of carbonyl (C=O) groups excluding carboxylic acids is 1. The minimum Gasteiger partial charge on any atom is -0.450 e. The van der Waals surface area contributed by atoms with Crippen LogP contribution in [0.3, 0.4) is 0 Å². The van der Waals surface area contributed by atoms with Gasteiger partial charge >= 0.3 is 12.3 Å². The number of alkyl halides is 3. The summed E-state index contributed by atoms with van der Waals surface area (Å²) in [7, 11) is 0. The highest BCUT2D eigenvalue weighted by Gasteiger charge is 2.30. The monoisotopic (exact) mass is 509 g/mol. The Hall–Kier alpha value is -4.66. The predicted octanol–water partition coefficient (Wildman–Crippen LogP) is 4.67. The number of aryl methyl sites for hydroxylation is 1. The van der Waals surface area contributed by atoms with E-state index in [2.05, 4.69) is 26.3 Å². The van der Waals surface area contributed by atoms with Gasteiger partial charge in [0.1, 0.15) is 5.52 Å². The highest BCUT2D eigenvalue weighted by atomic mass is 19.4. The number of nitrogens with zero attached hydrogens (tertiary/aromatic N) is 5. The maximum absolute atomic E-state index is 12.8. The Morgan fingerprint density at radius 1 is 1.14 bits per heavy atom. The van der Waals surface area contributed by atoms with E-state index in [0.717, 1.165) is 12.1 Å². The number of ether oxygens (including phenoxy) is 1. The summed E-state index contributed by atoms with van der Waals surface area (Å²) < 4.78 is 45.3. The first kappa shape index (κ1) is 25.4. The third-order valence-electron chi connectivity index (χ3n) is 5.48. The molecule has 0 radical (unpaired) electrons. The topological polar surface area (TPSA) is 132 Å². The largest absolute Gasteiger partial charge is 0.450 e. The zero-order valence-corrected chi connectivity index (χ0v) is 19.5. The number of benzene rings is 2. The lowest BCUT2D eigenvalue weighted by Crippen LogP contribution is -2.24. The van der Waals surface area contributed by atoms with Crippen molar-refractivity contribution >= 4 is 23.1 Å². The summed E-state index contributed by atoms with van der Waals surface area (Å²) in [5.74, 6) is 0.654. The van der Waals surface area contributed by atoms with Gasteiger partial charge in [0, 0.05) is 18.7 Å². The predicted molar refractivity (Wildman–Crippen MR) is 129 cm³/mol. The Morgan fingerprint density at radius 2 is 1.92 bits per heavy atom. The van der Waals surface area contributed by atoms with Crippen LogP contribution in [-0.2, 0) is 24.0 Å². The third kappa shape index (κ3) is 6.32. The number of hydrogen-bond donors (Lipinski definition) is 2. The van der Waals surface area contributed by atoms with E-state index in [9.17, 15) is 18.0 Å². The highest BCUT2D eigenvalue weighted by molar-refractivity contribution is 5.83. The normalized spacial score (nSPS) is 11.3. The number of halogens is 3. The molecule has 2 heterocycles. The number of aromatic nitrogens is 4. The molecule has 37 heavy (non-hydrogen) atoms. The summed E-state index contributed by atoms with van der Waals surface area (Å²) >= 11 is 0. The van der Waals surface area contributed by atoms with Crippen molar-refractivity contribution in [1.82, 2.24) is 24.8 Å². The first-order valence-corrected chi connectivity index (χ1v) is 11.3. The van der Waals surface area contributed by atoms with Gasteiger partial charge in [0.05, 0.1) is 30.1 Å². The molecule has 0 aliphatic carbocycles. The molecule has 3 N–H and O–H groups in total. The number of alkyl carbamates (subject to hydrolysis) is 1. The molecule has 2 aromatic carbocycles. The van der Waals surface area contributed by atoms with Gasteiger partial charge in [-0.25, -0.2) is 19.7 Å². The number of rotatable bonds is 8. The molecule has 0 unspecified atom stereocenters. The van der Waals surface area contributed by atoms with E-state index in [1.165, 1.54) is 12.1 Å². The average molecular weight is 509 g/mol. The molecule has 12 heteroatoms. The molecular formula is C25H22F3N7O2. The number of nitrogens with one attached hydrogen (secondary N) is 1. The molecular weight excluding hydrogens is 487 g/mol. The summed E-state index contributed by atoms with van der Waals surface area (Å²) in [4.78, 5) is 25.1. The van der Waals surface area contributed by atoms with E-state index < -0.39 is 17.8 Å². The molecule has 0 saturated heterocycles. The fraction of sp³-hybridized carbons (Fsp3) is 0.240. The molecule has 2 aromatic heterocycles. The van der Waals surface area contributed by atoms with Crippen molar-refractivity contribution in [3.63, 3.8) is 0 Å². The van der Waals surface area contributed by atoms with Crippen LogP contribution in [0.25, 0.3) is 22.6 Å². The molecule has 1 amide bonds. The molecule has 0 spiro atoms. The number of nitriles is 1. The summed E-state index contributed by atoms with van der Waals surface area (Å²) in [6.45, 7) is 0.593. The smallest absolute Gasteiger partial charge is 0.416 e. The van der Waals surface area contributed by atoms with Crippen molar-refractivity contribution in [1.29, 1.82) is 5.26 Å². The third-order valence-corrected chi connectivity index (χ3v) is 5.48. The zero-order chi connectivity index (χ0) is 26.4. The number of hydrogen-bond acceptors (Lipinski definition) is 7. The second-order valence-corrected chi connectivity index (χ2v) is 8.13. The second-order valence-electron chi connectivity index (χ2n) is 8.13. The lowest BCUT2D eigenvalue weighted by Gasteiger charge is -2.10. The first-order valence-electron chi connectivity index (χ1n) is 11.3. The van der Waals surface area contributed by atoms with Crippen LogP contribution in [0, 0.1) is 11.3 Å². The quantitative estimate of drug-likeness (QED) is 0.330. The van der Waals surface area contributed by atoms with Gasteiger partial charge in [-0.3, -0.25) is 0 Å². The molecule has 0 saturated carbocycles. The Morgan fingerprint density at radius 3 is 2.65 bits per heavy atom. The Kier molecular flexibility index (Phi) is 7.52. The van der Waals surface area contributed by atoms with Crippen LogP contribution in [0.5, 0.6) is 0 Å². The number of nitrogens with two attached hydrogens (primary N) is 1. The lowest BCUT2D eigenvalue weighted by molar-refractivity contribution is -0.137. The van der Waals surface area contributed by atoms with Crippen LogP contribution in [0.15, 0.2) is 54.9 Å². The fourth-order valence-electron chi connectivity index (χ4n) is 3.58. The summed E-state index contributed by atoms with van der Waals surface area (Å²) in [6, 6.07) is 13.6. The Bertz CT molecular complexity index is 1440. The van der Waals surface area contributed by atoms with Gasteiger partial charge in [-0.15, -0.1) is 0 Å². The van der Waals surface area contributed by atoms with Gasteiger partial charge in [-0.05, 0) is 54.8 Å². The SMILES string of the molecule is N#Cc1ccc(-c2nc(N)c3ncn(CCCCOC(=O)NCc4cccc(C(F)(F)F)c4)c3n2)cc1. The van der Waals surface area contributed by atoms with E-state index >= 15 is 0 Å². The molecule has 190 valence electrons. The van der Waals surface area contributed by atoms with Crippen LogP contribution < -0.4 is 11.1 Å². The maximum Gasteiger partial charge on any atom is 0.416 e. The number of carbonyl (C=O) groups is 1. The Labute approximate surface area is 209 Å². The molecule has 0 atom stereocenters. The van der Waals surface area contributed by atoms with Crippen molar-refractivity contribution in [3.8, 4) is 17.5 Å². The van der Waals surface area contributed by atoms with Crippen molar-refractivity contribution < 1.29 is 22.7 Å². The van der Waals surface area contributed by atoms with Crippen LogP contribution >= 0.6 is 0 Å². The minimum atomic E-state index is -4.44. The standard InChI is InChI=1S/C25H22F3N7O2/c26-25(27,28)19-5-3-4-17(12-19)14-31-24(36)37-11-2-1-10-35-15-32-20-21(30)33-22(34-23(20)35)18-8-6-16(13-29)7-9-18/h3-9,12,15H,1-2,10-11,14H2,(H,31,36)(H2,30,33,34). The molecule has 4 aromatic rings. The van der Waals surface area contributed by atoms with Gasteiger partial charge in [0.15, 0.2) is 17.3 Å². The van der Waals surface area contributed by atoms with Crippen LogP contribution in [0.4, 0.5) is 23.8 Å². The molecule has 0 bridgehead atoms. The molecule has 0 aliphatic heterocycles. The summed E-state index contributed by atoms with van der Waals surface area (Å²) in [5, 5.41) is 11.4. The second kappa shape index (κ2) is 10.9. The number of amides is 1. The number of anilines is 1. The number of imidazole rings is 1.